The van der Waals surface area contributed by atoms with E-state index < -0.39 is 5.97 Å². The standard InChI is InChI=1S/C16H21BrN2O4/c1-11(2)10-19(7-6-15(21)22)14(20)9-18-16(23)12-4-3-5-13(17)8-12/h3-5,8,11H,6-7,9-10H2,1-2H3,(H,18,23)(H,21,22). The Bertz CT molecular complexity index is 575. The second-order valence-electron chi connectivity index (χ2n) is 5.57. The van der Waals surface area contributed by atoms with Crippen LogP contribution < -0.4 is 5.32 Å². The van der Waals surface area contributed by atoms with Crippen molar-refractivity contribution in [3.05, 3.63) is 34.3 Å². The van der Waals surface area contributed by atoms with Crippen LogP contribution in [0.4, 0.5) is 0 Å². The largest absolute Gasteiger partial charge is 0.481 e. The second-order valence-corrected chi connectivity index (χ2v) is 6.49. The van der Waals surface area contributed by atoms with Crippen LogP contribution in [0.2, 0.25) is 0 Å². The van der Waals surface area contributed by atoms with Crippen molar-refractivity contribution in [1.29, 1.82) is 0 Å². The molecule has 0 aliphatic carbocycles. The average molecular weight is 385 g/mol. The Morgan fingerprint density at radius 1 is 1.30 bits per heavy atom. The Hall–Kier alpha value is -1.89. The minimum absolute atomic E-state index is 0.113. The lowest BCUT2D eigenvalue weighted by Gasteiger charge is -2.24. The maximum absolute atomic E-state index is 12.2. The molecular formula is C16H21BrN2O4. The number of hydrogen-bond acceptors (Lipinski definition) is 3. The molecule has 7 heteroatoms. The number of halogens is 1. The Kier molecular flexibility index (Phi) is 7.74. The predicted octanol–water partition coefficient (Wildman–Crippen LogP) is 2.14. The lowest BCUT2D eigenvalue weighted by atomic mass is 10.2. The molecule has 1 rings (SSSR count). The zero-order valence-electron chi connectivity index (χ0n) is 13.2. The van der Waals surface area contributed by atoms with Gasteiger partial charge in [0.25, 0.3) is 5.91 Å². The molecule has 0 fully saturated rings. The summed E-state index contributed by atoms with van der Waals surface area (Å²) in [4.78, 5) is 36.4. The van der Waals surface area contributed by atoms with Gasteiger partial charge in [0.15, 0.2) is 0 Å². The SMILES string of the molecule is CC(C)CN(CCC(=O)O)C(=O)CNC(=O)c1cccc(Br)c1. The summed E-state index contributed by atoms with van der Waals surface area (Å²) < 4.78 is 0.777. The maximum atomic E-state index is 12.2. The summed E-state index contributed by atoms with van der Waals surface area (Å²) in [5.74, 6) is -1.37. The molecule has 1 aromatic rings. The average Bonchev–Trinajstić information content (AvgIpc) is 2.48. The molecular weight excluding hydrogens is 364 g/mol. The van der Waals surface area contributed by atoms with E-state index in [1.54, 1.807) is 24.3 Å². The number of nitrogens with one attached hydrogen (secondary N) is 1. The number of carbonyl (C=O) groups is 3. The topological polar surface area (TPSA) is 86.7 Å². The summed E-state index contributed by atoms with van der Waals surface area (Å²) in [5, 5.41) is 11.3. The number of carbonyl (C=O) groups excluding carboxylic acids is 2. The Morgan fingerprint density at radius 2 is 2.00 bits per heavy atom. The minimum Gasteiger partial charge on any atom is -0.481 e. The molecule has 0 atom stereocenters. The van der Waals surface area contributed by atoms with Crippen LogP contribution in [-0.2, 0) is 9.59 Å². The van der Waals surface area contributed by atoms with E-state index in [4.69, 9.17) is 5.11 Å². The molecule has 0 bridgehead atoms. The zero-order chi connectivity index (χ0) is 17.4. The van der Waals surface area contributed by atoms with Crippen LogP contribution >= 0.6 is 15.9 Å². The molecule has 23 heavy (non-hydrogen) atoms. The lowest BCUT2D eigenvalue weighted by molar-refractivity contribution is -0.138. The Morgan fingerprint density at radius 3 is 2.57 bits per heavy atom. The molecule has 126 valence electrons. The molecule has 0 unspecified atom stereocenters. The number of benzene rings is 1. The van der Waals surface area contributed by atoms with Crippen molar-refractivity contribution in [3.63, 3.8) is 0 Å². The monoisotopic (exact) mass is 384 g/mol. The van der Waals surface area contributed by atoms with Crippen LogP contribution in [0, 0.1) is 5.92 Å². The van der Waals surface area contributed by atoms with Crippen molar-refractivity contribution >= 4 is 33.7 Å². The van der Waals surface area contributed by atoms with Crippen LogP contribution in [0.1, 0.15) is 30.6 Å². The van der Waals surface area contributed by atoms with Gasteiger partial charge in [-0.2, -0.15) is 0 Å². The van der Waals surface area contributed by atoms with Crippen molar-refractivity contribution in [1.82, 2.24) is 10.2 Å². The normalized spacial score (nSPS) is 10.4. The summed E-state index contributed by atoms with van der Waals surface area (Å²) in [5.41, 5.74) is 0.452. The van der Waals surface area contributed by atoms with Crippen molar-refractivity contribution < 1.29 is 19.5 Å². The first-order valence-corrected chi connectivity index (χ1v) is 8.12. The first-order chi connectivity index (χ1) is 10.8. The predicted molar refractivity (Wildman–Crippen MR) is 90.1 cm³/mol. The first-order valence-electron chi connectivity index (χ1n) is 7.33. The van der Waals surface area contributed by atoms with E-state index in [1.165, 1.54) is 4.90 Å². The molecule has 2 amide bonds. The molecule has 6 nitrogen and oxygen atoms in total. The molecule has 0 saturated heterocycles. The Labute approximate surface area is 144 Å². The fraction of sp³-hybridized carbons (Fsp3) is 0.438. The smallest absolute Gasteiger partial charge is 0.305 e. The van der Waals surface area contributed by atoms with Gasteiger partial charge in [-0.15, -0.1) is 0 Å². The third kappa shape index (κ3) is 7.27. The van der Waals surface area contributed by atoms with Crippen molar-refractivity contribution in [2.75, 3.05) is 19.6 Å². The summed E-state index contributed by atoms with van der Waals surface area (Å²) in [6.45, 7) is 4.33. The minimum atomic E-state index is -0.954. The molecule has 0 saturated carbocycles. The van der Waals surface area contributed by atoms with Gasteiger partial charge in [0, 0.05) is 23.1 Å². The Balaban J connectivity index is 2.59. The molecule has 2 N–H and O–H groups in total. The summed E-state index contributed by atoms with van der Waals surface area (Å²) in [6.07, 6.45) is -0.113. The van der Waals surface area contributed by atoms with Crippen LogP contribution in [0.3, 0.4) is 0 Å². The molecule has 0 spiro atoms. The molecule has 0 radical (unpaired) electrons. The quantitative estimate of drug-likeness (QED) is 0.718. The van der Waals surface area contributed by atoms with Gasteiger partial charge in [0.05, 0.1) is 13.0 Å². The highest BCUT2D eigenvalue weighted by molar-refractivity contribution is 9.10. The van der Waals surface area contributed by atoms with Crippen molar-refractivity contribution in [3.8, 4) is 0 Å². The van der Waals surface area contributed by atoms with E-state index >= 15 is 0 Å². The summed E-state index contributed by atoms with van der Waals surface area (Å²) >= 11 is 3.28. The van der Waals surface area contributed by atoms with Gasteiger partial charge in [0.2, 0.25) is 5.91 Å². The number of amides is 2. The molecule has 1 aromatic carbocycles. The van der Waals surface area contributed by atoms with E-state index in [0.717, 1.165) is 4.47 Å². The van der Waals surface area contributed by atoms with Gasteiger partial charge in [0.1, 0.15) is 0 Å². The maximum Gasteiger partial charge on any atom is 0.305 e. The summed E-state index contributed by atoms with van der Waals surface area (Å²) in [6, 6.07) is 6.86. The van der Waals surface area contributed by atoms with Gasteiger partial charge in [-0.05, 0) is 24.1 Å². The van der Waals surface area contributed by atoms with Crippen molar-refractivity contribution in [2.45, 2.75) is 20.3 Å². The van der Waals surface area contributed by atoms with Crippen LogP contribution in [0.5, 0.6) is 0 Å². The number of carboxylic acids is 1. The van der Waals surface area contributed by atoms with Crippen LogP contribution in [-0.4, -0.2) is 47.4 Å². The van der Waals surface area contributed by atoms with E-state index in [-0.39, 0.29) is 37.2 Å². The zero-order valence-corrected chi connectivity index (χ0v) is 14.8. The van der Waals surface area contributed by atoms with Crippen LogP contribution in [0.15, 0.2) is 28.7 Å². The second kappa shape index (κ2) is 9.29. The number of carboxylic acid groups (broad SMARTS) is 1. The third-order valence-electron chi connectivity index (χ3n) is 3.02. The van der Waals surface area contributed by atoms with E-state index in [2.05, 4.69) is 21.2 Å². The molecule has 0 aliphatic heterocycles. The fourth-order valence-electron chi connectivity index (χ4n) is 1.99. The van der Waals surface area contributed by atoms with Gasteiger partial charge in [-0.3, -0.25) is 14.4 Å². The third-order valence-corrected chi connectivity index (χ3v) is 3.51. The lowest BCUT2D eigenvalue weighted by Crippen LogP contribution is -2.42. The highest BCUT2D eigenvalue weighted by Crippen LogP contribution is 2.11. The fourth-order valence-corrected chi connectivity index (χ4v) is 2.39. The molecule has 0 aromatic heterocycles. The molecule has 0 aliphatic rings. The van der Waals surface area contributed by atoms with Gasteiger partial charge < -0.3 is 15.3 Å². The van der Waals surface area contributed by atoms with Crippen molar-refractivity contribution in [2.24, 2.45) is 5.92 Å². The van der Waals surface area contributed by atoms with Gasteiger partial charge in [-0.1, -0.05) is 35.8 Å². The first kappa shape index (κ1) is 19.2. The van der Waals surface area contributed by atoms with E-state index in [9.17, 15) is 14.4 Å². The number of aliphatic carboxylic acids is 1. The van der Waals surface area contributed by atoms with E-state index in [1.807, 2.05) is 13.8 Å². The number of hydrogen-bond donors (Lipinski definition) is 2. The van der Waals surface area contributed by atoms with Gasteiger partial charge >= 0.3 is 5.97 Å². The number of rotatable bonds is 8. The highest BCUT2D eigenvalue weighted by atomic mass is 79.9. The number of nitrogens with zero attached hydrogens (tertiary/aromatic N) is 1. The van der Waals surface area contributed by atoms with Gasteiger partial charge in [-0.25, -0.2) is 0 Å². The summed E-state index contributed by atoms with van der Waals surface area (Å²) in [7, 11) is 0. The molecule has 0 heterocycles. The highest BCUT2D eigenvalue weighted by Gasteiger charge is 2.17. The van der Waals surface area contributed by atoms with E-state index in [0.29, 0.717) is 12.1 Å². The van der Waals surface area contributed by atoms with Crippen LogP contribution in [0.25, 0.3) is 0 Å².